The predicted molar refractivity (Wildman–Crippen MR) is 80.9 cm³/mol. The molecule has 0 spiro atoms. The van der Waals surface area contributed by atoms with Crippen LogP contribution < -0.4 is 9.64 Å². The molecule has 0 saturated carbocycles. The van der Waals surface area contributed by atoms with Crippen LogP contribution in [0.1, 0.15) is 20.8 Å². The molecule has 0 aromatic heterocycles. The molecule has 1 atom stereocenters. The zero-order valence-electron chi connectivity index (χ0n) is 13.6. The third kappa shape index (κ3) is 2.82. The van der Waals surface area contributed by atoms with Crippen LogP contribution in [0, 0.1) is 11.6 Å². The number of hydrogen-bond donors (Lipinski definition) is 0. The molecule has 2 heterocycles. The van der Waals surface area contributed by atoms with Crippen LogP contribution in [0.3, 0.4) is 0 Å². The number of halogens is 2. The van der Waals surface area contributed by atoms with Gasteiger partial charge in [-0.3, -0.25) is 4.79 Å². The van der Waals surface area contributed by atoms with Gasteiger partial charge in [0, 0.05) is 18.7 Å². The molecule has 0 radical (unpaired) electrons. The zero-order valence-corrected chi connectivity index (χ0v) is 13.6. The van der Waals surface area contributed by atoms with Gasteiger partial charge in [-0.1, -0.05) is 0 Å². The molecule has 1 aromatic carbocycles. The van der Waals surface area contributed by atoms with Crippen LogP contribution >= 0.6 is 0 Å². The first-order valence-electron chi connectivity index (χ1n) is 7.59. The number of urea groups is 1. The number of anilines is 1. The molecule has 1 aromatic rings. The lowest BCUT2D eigenvalue weighted by Gasteiger charge is -2.26. The molecule has 2 saturated heterocycles. The molecule has 2 aliphatic heterocycles. The molecular formula is C16H18F2N2O4. The minimum absolute atomic E-state index is 0.0806. The average molecular weight is 340 g/mol. The second-order valence-electron chi connectivity index (χ2n) is 6.69. The predicted octanol–water partition coefficient (Wildman–Crippen LogP) is 2.31. The van der Waals surface area contributed by atoms with E-state index in [2.05, 4.69) is 0 Å². The quantitative estimate of drug-likeness (QED) is 0.775. The molecule has 24 heavy (non-hydrogen) atoms. The number of morpholine rings is 1. The molecule has 3 amide bonds. The van der Waals surface area contributed by atoms with Gasteiger partial charge < -0.3 is 14.4 Å². The van der Waals surface area contributed by atoms with E-state index in [0.717, 1.165) is 17.0 Å². The fourth-order valence-corrected chi connectivity index (χ4v) is 2.73. The summed E-state index contributed by atoms with van der Waals surface area (Å²) in [6.07, 6.45) is 0. The van der Waals surface area contributed by atoms with Gasteiger partial charge in [0.15, 0.2) is 17.4 Å². The molecule has 3 rings (SSSR count). The van der Waals surface area contributed by atoms with Crippen molar-refractivity contribution in [2.75, 3.05) is 24.7 Å². The molecule has 2 aliphatic rings. The standard InChI is InChI=1S/C16H18F2N2O4/c1-16(2,3)24-13-10(17)6-9(7-11(13)18)20-14(21)12-8-23-5-4-19(12)15(20)22/h6-7,12H,4-5,8H2,1-3H3. The largest absolute Gasteiger partial charge is 0.482 e. The van der Waals surface area contributed by atoms with Gasteiger partial charge in [-0.15, -0.1) is 0 Å². The van der Waals surface area contributed by atoms with E-state index in [1.165, 1.54) is 4.90 Å². The molecule has 2 fully saturated rings. The molecular weight excluding hydrogens is 322 g/mol. The van der Waals surface area contributed by atoms with Crippen molar-refractivity contribution < 1.29 is 27.8 Å². The van der Waals surface area contributed by atoms with E-state index in [0.29, 0.717) is 6.61 Å². The highest BCUT2D eigenvalue weighted by molar-refractivity contribution is 6.21. The molecule has 0 bridgehead atoms. The summed E-state index contributed by atoms with van der Waals surface area (Å²) in [5.41, 5.74) is -0.948. The number of rotatable bonds is 2. The third-order valence-corrected chi connectivity index (χ3v) is 3.72. The number of carbonyl (C=O) groups is 2. The Labute approximate surface area is 137 Å². The molecule has 0 N–H and O–H groups in total. The summed E-state index contributed by atoms with van der Waals surface area (Å²) in [4.78, 5) is 26.9. The SMILES string of the molecule is CC(C)(C)Oc1c(F)cc(N2C(=O)C3COCCN3C2=O)cc1F. The summed E-state index contributed by atoms with van der Waals surface area (Å²) >= 11 is 0. The maximum absolute atomic E-state index is 14.3. The normalized spacial score (nSPS) is 21.3. The maximum atomic E-state index is 14.3. The van der Waals surface area contributed by atoms with Crippen LogP contribution in [0.5, 0.6) is 5.75 Å². The van der Waals surface area contributed by atoms with Crippen molar-refractivity contribution in [3.63, 3.8) is 0 Å². The third-order valence-electron chi connectivity index (χ3n) is 3.72. The number of hydrogen-bond acceptors (Lipinski definition) is 4. The van der Waals surface area contributed by atoms with E-state index in [9.17, 15) is 18.4 Å². The Morgan fingerprint density at radius 3 is 2.38 bits per heavy atom. The summed E-state index contributed by atoms with van der Waals surface area (Å²) in [6, 6.07) is 0.512. The summed E-state index contributed by atoms with van der Waals surface area (Å²) in [7, 11) is 0. The van der Waals surface area contributed by atoms with E-state index in [-0.39, 0.29) is 18.8 Å². The van der Waals surface area contributed by atoms with Crippen LogP contribution in [-0.2, 0) is 9.53 Å². The minimum Gasteiger partial charge on any atom is -0.482 e. The van der Waals surface area contributed by atoms with Crippen LogP contribution in [0.25, 0.3) is 0 Å². The topological polar surface area (TPSA) is 59.1 Å². The Morgan fingerprint density at radius 2 is 1.83 bits per heavy atom. The molecule has 0 aliphatic carbocycles. The number of carbonyl (C=O) groups excluding carboxylic acids is 2. The van der Waals surface area contributed by atoms with Crippen LogP contribution in [0.2, 0.25) is 0 Å². The highest BCUT2D eigenvalue weighted by Gasteiger charge is 2.47. The van der Waals surface area contributed by atoms with Crippen LogP contribution in [0.15, 0.2) is 12.1 Å². The summed E-state index contributed by atoms with van der Waals surface area (Å²) in [5.74, 6) is -3.03. The maximum Gasteiger partial charge on any atom is 0.332 e. The summed E-state index contributed by atoms with van der Waals surface area (Å²) in [5, 5.41) is 0. The van der Waals surface area contributed by atoms with Crippen molar-refractivity contribution in [2.24, 2.45) is 0 Å². The van der Waals surface area contributed by atoms with Crippen LogP contribution in [-0.4, -0.2) is 48.2 Å². The summed E-state index contributed by atoms with van der Waals surface area (Å²) < 4.78 is 39.0. The van der Waals surface area contributed by atoms with E-state index in [1.54, 1.807) is 20.8 Å². The van der Waals surface area contributed by atoms with Crippen molar-refractivity contribution in [1.29, 1.82) is 0 Å². The van der Waals surface area contributed by atoms with Crippen LogP contribution in [0.4, 0.5) is 19.3 Å². The Morgan fingerprint density at radius 1 is 1.21 bits per heavy atom. The monoisotopic (exact) mass is 340 g/mol. The lowest BCUT2D eigenvalue weighted by atomic mass is 10.2. The Hall–Kier alpha value is -2.22. The molecule has 8 heteroatoms. The lowest BCUT2D eigenvalue weighted by molar-refractivity contribution is -0.123. The number of fused-ring (bicyclic) bond motifs is 1. The van der Waals surface area contributed by atoms with Gasteiger partial charge in [0.05, 0.1) is 18.9 Å². The van der Waals surface area contributed by atoms with Gasteiger partial charge in [-0.2, -0.15) is 0 Å². The Kier molecular flexibility index (Phi) is 3.95. The van der Waals surface area contributed by atoms with Crippen molar-refractivity contribution in [2.45, 2.75) is 32.4 Å². The first-order chi connectivity index (χ1) is 11.2. The highest BCUT2D eigenvalue weighted by atomic mass is 19.1. The second kappa shape index (κ2) is 5.70. The van der Waals surface area contributed by atoms with Crippen molar-refractivity contribution >= 4 is 17.6 Å². The van der Waals surface area contributed by atoms with Gasteiger partial charge in [-0.05, 0) is 20.8 Å². The van der Waals surface area contributed by atoms with Gasteiger partial charge in [0.2, 0.25) is 0 Å². The molecule has 1 unspecified atom stereocenters. The van der Waals surface area contributed by atoms with Gasteiger partial charge in [0.25, 0.3) is 5.91 Å². The number of nitrogens with zero attached hydrogens (tertiary/aromatic N) is 2. The number of benzene rings is 1. The summed E-state index contributed by atoms with van der Waals surface area (Å²) in [6.45, 7) is 5.64. The molecule has 6 nitrogen and oxygen atoms in total. The number of amides is 3. The zero-order chi connectivity index (χ0) is 17.6. The van der Waals surface area contributed by atoms with Gasteiger partial charge in [-0.25, -0.2) is 18.5 Å². The van der Waals surface area contributed by atoms with Gasteiger partial charge in [0.1, 0.15) is 11.6 Å². The number of ether oxygens (including phenoxy) is 2. The van der Waals surface area contributed by atoms with Crippen molar-refractivity contribution in [1.82, 2.24) is 4.90 Å². The van der Waals surface area contributed by atoms with Crippen molar-refractivity contribution in [3.8, 4) is 5.75 Å². The Balaban J connectivity index is 1.95. The van der Waals surface area contributed by atoms with E-state index in [1.807, 2.05) is 0 Å². The van der Waals surface area contributed by atoms with Gasteiger partial charge >= 0.3 is 6.03 Å². The Bertz CT molecular complexity index is 655. The van der Waals surface area contributed by atoms with E-state index in [4.69, 9.17) is 9.47 Å². The van der Waals surface area contributed by atoms with E-state index >= 15 is 0 Å². The lowest BCUT2D eigenvalue weighted by Crippen LogP contribution is -2.45. The van der Waals surface area contributed by atoms with Crippen molar-refractivity contribution in [3.05, 3.63) is 23.8 Å². The van der Waals surface area contributed by atoms with E-state index < -0.39 is 41.0 Å². The fraction of sp³-hybridized carbons (Fsp3) is 0.500. The first-order valence-corrected chi connectivity index (χ1v) is 7.59. The fourth-order valence-electron chi connectivity index (χ4n) is 2.73. The smallest absolute Gasteiger partial charge is 0.332 e. The first kappa shape index (κ1) is 16.6. The second-order valence-corrected chi connectivity index (χ2v) is 6.69. The minimum atomic E-state index is -0.971. The number of imide groups is 1. The average Bonchev–Trinajstić information content (AvgIpc) is 2.74. The molecule has 130 valence electrons. The highest BCUT2D eigenvalue weighted by Crippen LogP contribution is 2.33.